The number of hydrogen-bond acceptors (Lipinski definition) is 10. The van der Waals surface area contributed by atoms with Crippen molar-refractivity contribution in [3.05, 3.63) is 0 Å². The largest absolute Gasteiger partial charge is 0.480 e. The Morgan fingerprint density at radius 2 is 0.708 bits per heavy atom. The normalized spacial score (nSPS) is 11.4. The highest BCUT2D eigenvalue weighted by molar-refractivity contribution is 5.77. The summed E-state index contributed by atoms with van der Waals surface area (Å²) in [5, 5.41) is 11.0. The van der Waals surface area contributed by atoms with Crippen molar-refractivity contribution in [2.24, 2.45) is 0 Å². The quantitative estimate of drug-likeness (QED) is 0.0775. The molecule has 0 aromatic heterocycles. The van der Waals surface area contributed by atoms with Gasteiger partial charge < -0.3 is 48.3 Å². The monoisotopic (exact) mass is 694 g/mol. The number of rotatable bonds is 42. The Labute approximate surface area is 291 Å². The van der Waals surface area contributed by atoms with Crippen LogP contribution < -0.4 is 5.32 Å². The topological polar surface area (TPSA) is 140 Å². The first-order valence-corrected chi connectivity index (χ1v) is 18.8. The first kappa shape index (κ1) is 46.6. The van der Waals surface area contributed by atoms with Gasteiger partial charge in [-0.1, -0.05) is 103 Å². The fraction of sp³-hybridized carbons (Fsp3) is 0.944. The van der Waals surface area contributed by atoms with Crippen LogP contribution in [0.25, 0.3) is 0 Å². The zero-order valence-corrected chi connectivity index (χ0v) is 30.4. The lowest BCUT2D eigenvalue weighted by Crippen LogP contribution is -2.31. The summed E-state index contributed by atoms with van der Waals surface area (Å²) in [4.78, 5) is 21.7. The Balaban J connectivity index is 3.08. The van der Waals surface area contributed by atoms with Gasteiger partial charge in [0, 0.05) is 13.2 Å². The number of unbranched alkanes of at least 4 members (excludes halogenated alkanes) is 15. The molecule has 0 atom stereocenters. The van der Waals surface area contributed by atoms with Crippen molar-refractivity contribution in [3.8, 4) is 0 Å². The van der Waals surface area contributed by atoms with Gasteiger partial charge >= 0.3 is 5.97 Å². The van der Waals surface area contributed by atoms with Crippen molar-refractivity contribution >= 4 is 11.9 Å². The minimum Gasteiger partial charge on any atom is -0.480 e. The maximum Gasteiger partial charge on any atom is 0.329 e. The van der Waals surface area contributed by atoms with Crippen LogP contribution in [0, 0.1) is 0 Å². The molecule has 1 amide bonds. The van der Waals surface area contributed by atoms with Gasteiger partial charge in [-0.2, -0.15) is 0 Å². The summed E-state index contributed by atoms with van der Waals surface area (Å²) < 4.78 is 43.1. The third-order valence-electron chi connectivity index (χ3n) is 7.40. The predicted octanol–water partition coefficient (Wildman–Crippen LogP) is 5.58. The van der Waals surface area contributed by atoms with E-state index in [0.29, 0.717) is 92.4 Å². The second kappa shape index (κ2) is 41.8. The number of carbonyl (C=O) groups excluding carboxylic acids is 1. The van der Waals surface area contributed by atoms with Crippen LogP contribution in [0.5, 0.6) is 0 Å². The van der Waals surface area contributed by atoms with Crippen LogP contribution in [0.1, 0.15) is 110 Å². The molecule has 0 aliphatic rings. The number of amides is 1. The average Bonchev–Trinajstić information content (AvgIpc) is 3.07. The number of carboxylic acid groups (broad SMARTS) is 1. The molecule has 2 N–H and O–H groups in total. The second-order valence-corrected chi connectivity index (χ2v) is 11.8. The zero-order valence-electron chi connectivity index (χ0n) is 30.4. The smallest absolute Gasteiger partial charge is 0.329 e. The van der Waals surface area contributed by atoms with Gasteiger partial charge in [-0.05, 0) is 6.42 Å². The maximum absolute atomic E-state index is 11.4. The van der Waals surface area contributed by atoms with Crippen LogP contribution in [-0.4, -0.2) is 129 Å². The van der Waals surface area contributed by atoms with Crippen molar-refractivity contribution in [2.45, 2.75) is 110 Å². The van der Waals surface area contributed by atoms with E-state index in [1.54, 1.807) is 0 Å². The molecular formula is C36H71NO11. The van der Waals surface area contributed by atoms with Gasteiger partial charge in [0.2, 0.25) is 5.91 Å². The van der Waals surface area contributed by atoms with E-state index in [1.807, 2.05) is 0 Å². The fourth-order valence-electron chi connectivity index (χ4n) is 4.72. The highest BCUT2D eigenvalue weighted by Crippen LogP contribution is 2.13. The molecule has 48 heavy (non-hydrogen) atoms. The molecular weight excluding hydrogens is 622 g/mol. The summed E-state index contributed by atoms with van der Waals surface area (Å²) in [7, 11) is 0. The molecule has 12 nitrogen and oxygen atoms in total. The molecule has 0 aliphatic heterocycles. The van der Waals surface area contributed by atoms with E-state index in [2.05, 4.69) is 17.0 Å². The summed E-state index contributed by atoms with van der Waals surface area (Å²) in [6.07, 6.45) is 22.1. The van der Waals surface area contributed by atoms with Gasteiger partial charge in [0.1, 0.15) is 13.2 Å². The summed E-state index contributed by atoms with van der Waals surface area (Å²) in [6, 6.07) is 0. The molecule has 0 saturated heterocycles. The second-order valence-electron chi connectivity index (χ2n) is 11.8. The lowest BCUT2D eigenvalue weighted by Gasteiger charge is -2.09. The molecule has 12 heteroatoms. The molecule has 286 valence electrons. The van der Waals surface area contributed by atoms with E-state index < -0.39 is 12.6 Å². The first-order chi connectivity index (χ1) is 23.7. The van der Waals surface area contributed by atoms with E-state index in [1.165, 1.54) is 96.3 Å². The van der Waals surface area contributed by atoms with Crippen molar-refractivity contribution in [3.63, 3.8) is 0 Å². The average molecular weight is 694 g/mol. The minimum atomic E-state index is -1.12. The Kier molecular flexibility index (Phi) is 40.6. The van der Waals surface area contributed by atoms with Gasteiger partial charge in [-0.3, -0.25) is 4.79 Å². The molecule has 0 aliphatic carbocycles. The third-order valence-corrected chi connectivity index (χ3v) is 7.40. The highest BCUT2D eigenvalue weighted by Gasteiger charge is 2.03. The standard InChI is InChI=1S/C36H71NO11/c1-2-3-4-5-6-7-8-9-10-11-12-13-14-15-16-17-19-41-21-23-43-25-27-45-29-31-47-32-30-46-28-26-44-24-22-42-20-18-37-35(38)33-48-34-36(39)40/h2-34H2,1H3,(H,37,38)(H,39,40). The van der Waals surface area contributed by atoms with E-state index in [9.17, 15) is 9.59 Å². The lowest BCUT2D eigenvalue weighted by atomic mass is 10.0. The Bertz CT molecular complexity index is 657. The van der Waals surface area contributed by atoms with Gasteiger partial charge in [0.15, 0.2) is 0 Å². The summed E-state index contributed by atoms with van der Waals surface area (Å²) in [5.41, 5.74) is 0. The molecule has 0 heterocycles. The van der Waals surface area contributed by atoms with E-state index >= 15 is 0 Å². The SMILES string of the molecule is CCCCCCCCCCCCCCCCCCOCCOCCOCCOCCOCCOCCOCCNC(=O)COCC(=O)O. The summed E-state index contributed by atoms with van der Waals surface area (Å²) in [5.74, 6) is -1.50. The van der Waals surface area contributed by atoms with Gasteiger partial charge in [-0.15, -0.1) is 0 Å². The molecule has 0 unspecified atom stereocenters. The molecule has 0 radical (unpaired) electrons. The number of ether oxygens (including phenoxy) is 8. The van der Waals surface area contributed by atoms with Crippen LogP contribution in [0.4, 0.5) is 0 Å². The summed E-state index contributed by atoms with van der Waals surface area (Å²) in [6.45, 7) is 9.02. The first-order valence-electron chi connectivity index (χ1n) is 18.8. The number of aliphatic carboxylic acids is 1. The summed E-state index contributed by atoms with van der Waals surface area (Å²) >= 11 is 0. The third kappa shape index (κ3) is 42.6. The van der Waals surface area contributed by atoms with Crippen LogP contribution in [0.3, 0.4) is 0 Å². The number of carboxylic acids is 1. The van der Waals surface area contributed by atoms with E-state index in [-0.39, 0.29) is 12.5 Å². The number of carbonyl (C=O) groups is 2. The number of hydrogen-bond donors (Lipinski definition) is 2. The van der Waals surface area contributed by atoms with Gasteiger partial charge in [0.25, 0.3) is 0 Å². The van der Waals surface area contributed by atoms with Crippen LogP contribution in [0.15, 0.2) is 0 Å². The number of nitrogens with one attached hydrogen (secondary N) is 1. The predicted molar refractivity (Wildman–Crippen MR) is 187 cm³/mol. The van der Waals surface area contributed by atoms with Crippen molar-refractivity contribution in [2.75, 3.05) is 112 Å². The Morgan fingerprint density at radius 3 is 1.06 bits per heavy atom. The molecule has 0 aromatic carbocycles. The minimum absolute atomic E-state index is 0.292. The van der Waals surface area contributed by atoms with Crippen LogP contribution >= 0.6 is 0 Å². The maximum atomic E-state index is 11.4. The molecule has 0 fully saturated rings. The molecule has 0 aromatic rings. The van der Waals surface area contributed by atoms with Gasteiger partial charge in [-0.25, -0.2) is 4.79 Å². The van der Waals surface area contributed by atoms with Crippen molar-refractivity contribution in [1.82, 2.24) is 5.32 Å². The van der Waals surface area contributed by atoms with Crippen LogP contribution in [0.2, 0.25) is 0 Å². The van der Waals surface area contributed by atoms with E-state index in [4.69, 9.17) is 38.3 Å². The molecule has 0 bridgehead atoms. The lowest BCUT2D eigenvalue weighted by molar-refractivity contribution is -0.143. The van der Waals surface area contributed by atoms with Crippen molar-refractivity contribution < 1.29 is 52.6 Å². The fourth-order valence-corrected chi connectivity index (χ4v) is 4.72. The Morgan fingerprint density at radius 1 is 0.396 bits per heavy atom. The highest BCUT2D eigenvalue weighted by atomic mass is 16.6. The van der Waals surface area contributed by atoms with Gasteiger partial charge in [0.05, 0.1) is 85.9 Å². The molecule has 0 spiro atoms. The Hall–Kier alpha value is -1.38. The molecule has 0 saturated carbocycles. The van der Waals surface area contributed by atoms with E-state index in [0.717, 1.165) is 13.0 Å². The molecule has 0 rings (SSSR count). The van der Waals surface area contributed by atoms with Crippen LogP contribution in [-0.2, 0) is 47.5 Å². The van der Waals surface area contributed by atoms with Crippen molar-refractivity contribution in [1.29, 1.82) is 0 Å². The zero-order chi connectivity index (χ0) is 34.9.